The second-order valence-corrected chi connectivity index (χ2v) is 3.59. The molecular weight excluding hydrogens is 263 g/mol. The molecule has 1 aromatic heterocycles. The molecule has 1 rings (SSSR count). The lowest BCUT2D eigenvalue weighted by atomic mass is 10.1. The van der Waals surface area contributed by atoms with Gasteiger partial charge in [-0.05, 0) is 5.56 Å². The molecule has 0 aliphatic carbocycles. The zero-order valence-corrected chi connectivity index (χ0v) is 9.65. The van der Waals surface area contributed by atoms with Gasteiger partial charge in [-0.25, -0.2) is 13.8 Å². The molecule has 1 heterocycles. The van der Waals surface area contributed by atoms with Crippen LogP contribution in [0, 0.1) is 0 Å². The van der Waals surface area contributed by atoms with Crippen molar-refractivity contribution in [1.29, 1.82) is 0 Å². The Kier molecular flexibility index (Phi) is 4.44. The van der Waals surface area contributed by atoms with Crippen molar-refractivity contribution in [3.8, 4) is 0 Å². The number of hydrogen-bond acceptors (Lipinski definition) is 3. The highest BCUT2D eigenvalue weighted by molar-refractivity contribution is 6.41. The first kappa shape index (κ1) is 13.1. The van der Waals surface area contributed by atoms with Gasteiger partial charge in [0.1, 0.15) is 5.15 Å². The summed E-state index contributed by atoms with van der Waals surface area (Å²) in [5.74, 6) is -0.675. The van der Waals surface area contributed by atoms with E-state index in [4.69, 9.17) is 23.2 Å². The molecular formula is C9H7Cl2F2NO2. The number of esters is 1. The molecule has 0 saturated heterocycles. The molecule has 0 saturated carbocycles. The van der Waals surface area contributed by atoms with Gasteiger partial charge < -0.3 is 4.74 Å². The normalized spacial score (nSPS) is 10.6. The molecule has 0 atom stereocenters. The van der Waals surface area contributed by atoms with Crippen molar-refractivity contribution < 1.29 is 18.3 Å². The third-order valence-corrected chi connectivity index (χ3v) is 2.69. The fourth-order valence-corrected chi connectivity index (χ4v) is 1.48. The summed E-state index contributed by atoms with van der Waals surface area (Å²) in [6.07, 6.45) is -2.24. The van der Waals surface area contributed by atoms with Crippen LogP contribution in [0.3, 0.4) is 0 Å². The highest BCUT2D eigenvalue weighted by Gasteiger charge is 2.21. The second kappa shape index (κ2) is 5.41. The molecule has 3 nitrogen and oxygen atoms in total. The van der Waals surface area contributed by atoms with Crippen LogP contribution >= 0.6 is 23.2 Å². The van der Waals surface area contributed by atoms with Crippen LogP contribution in [-0.4, -0.2) is 18.1 Å². The van der Waals surface area contributed by atoms with E-state index in [1.807, 2.05) is 0 Å². The van der Waals surface area contributed by atoms with Crippen molar-refractivity contribution in [2.24, 2.45) is 0 Å². The molecule has 0 unspecified atom stereocenters. The van der Waals surface area contributed by atoms with Gasteiger partial charge in [0, 0.05) is 11.8 Å². The lowest BCUT2D eigenvalue weighted by Gasteiger charge is -2.10. The standard InChI is InChI=1S/C9H7Cl2F2NO2/c1-16-6(15)2-4-5(9(12)13)3-14-8(11)7(4)10/h3,9H,2H2,1H3. The molecule has 0 radical (unpaired) electrons. The van der Waals surface area contributed by atoms with Gasteiger partial charge in [-0.1, -0.05) is 23.2 Å². The van der Waals surface area contributed by atoms with Gasteiger partial charge in [0.15, 0.2) is 0 Å². The number of aromatic nitrogens is 1. The van der Waals surface area contributed by atoms with E-state index in [2.05, 4.69) is 9.72 Å². The molecule has 0 spiro atoms. The lowest BCUT2D eigenvalue weighted by Crippen LogP contribution is -2.08. The minimum atomic E-state index is -2.78. The van der Waals surface area contributed by atoms with E-state index in [0.717, 1.165) is 13.3 Å². The van der Waals surface area contributed by atoms with Gasteiger partial charge in [0.25, 0.3) is 6.43 Å². The summed E-state index contributed by atoms with van der Waals surface area (Å²) in [5, 5.41) is -0.269. The van der Waals surface area contributed by atoms with Crippen molar-refractivity contribution in [3.05, 3.63) is 27.5 Å². The summed E-state index contributed by atoms with van der Waals surface area (Å²) in [5.41, 5.74) is -0.469. The Balaban J connectivity index is 3.20. The molecule has 0 aromatic carbocycles. The minimum Gasteiger partial charge on any atom is -0.469 e. The topological polar surface area (TPSA) is 39.2 Å². The number of carbonyl (C=O) groups excluding carboxylic acids is 1. The quantitative estimate of drug-likeness (QED) is 0.626. The molecule has 0 fully saturated rings. The van der Waals surface area contributed by atoms with Crippen LogP contribution in [0.1, 0.15) is 17.6 Å². The summed E-state index contributed by atoms with van der Waals surface area (Å²) in [4.78, 5) is 14.5. The average Bonchev–Trinajstić information content (AvgIpc) is 2.24. The van der Waals surface area contributed by atoms with Crippen molar-refractivity contribution in [1.82, 2.24) is 4.98 Å². The second-order valence-electron chi connectivity index (χ2n) is 2.85. The first-order chi connectivity index (χ1) is 7.47. The number of halogens is 4. The van der Waals surface area contributed by atoms with Crippen LogP contribution in [0.15, 0.2) is 6.20 Å². The van der Waals surface area contributed by atoms with E-state index in [0.29, 0.717) is 0 Å². The molecule has 0 aliphatic rings. The Labute approximate surface area is 100 Å². The fraction of sp³-hybridized carbons (Fsp3) is 0.333. The molecule has 88 valence electrons. The third-order valence-electron chi connectivity index (χ3n) is 1.90. The van der Waals surface area contributed by atoms with Crippen LogP contribution in [0.5, 0.6) is 0 Å². The highest BCUT2D eigenvalue weighted by atomic mass is 35.5. The van der Waals surface area contributed by atoms with Gasteiger partial charge in [-0.15, -0.1) is 0 Å². The number of alkyl halides is 2. The number of carbonyl (C=O) groups is 1. The van der Waals surface area contributed by atoms with Gasteiger partial charge in [0.05, 0.1) is 18.6 Å². The van der Waals surface area contributed by atoms with Gasteiger partial charge in [0.2, 0.25) is 0 Å². The highest BCUT2D eigenvalue weighted by Crippen LogP contribution is 2.32. The Morgan fingerprint density at radius 1 is 1.56 bits per heavy atom. The number of pyridine rings is 1. The first-order valence-corrected chi connectivity index (χ1v) is 4.90. The van der Waals surface area contributed by atoms with Crippen molar-refractivity contribution >= 4 is 29.2 Å². The molecule has 0 N–H and O–H groups in total. The minimum absolute atomic E-state index is 0.0523. The molecule has 0 bridgehead atoms. The van der Waals surface area contributed by atoms with Crippen LogP contribution < -0.4 is 0 Å². The van der Waals surface area contributed by atoms with Gasteiger partial charge in [-0.2, -0.15) is 0 Å². The fourth-order valence-electron chi connectivity index (χ4n) is 1.10. The van der Waals surface area contributed by atoms with Crippen LogP contribution in [-0.2, 0) is 16.0 Å². The molecule has 0 amide bonds. The predicted octanol–water partition coefficient (Wildman–Crippen LogP) is 3.04. The van der Waals surface area contributed by atoms with E-state index < -0.39 is 18.0 Å². The maximum Gasteiger partial charge on any atom is 0.310 e. The zero-order chi connectivity index (χ0) is 12.3. The third kappa shape index (κ3) is 2.80. The smallest absolute Gasteiger partial charge is 0.310 e. The Morgan fingerprint density at radius 3 is 2.69 bits per heavy atom. The van der Waals surface area contributed by atoms with Crippen LogP contribution in [0.25, 0.3) is 0 Å². The summed E-state index contributed by atoms with van der Waals surface area (Å²) >= 11 is 11.3. The van der Waals surface area contributed by atoms with Crippen molar-refractivity contribution in [2.45, 2.75) is 12.8 Å². The first-order valence-electron chi connectivity index (χ1n) is 4.15. The number of ether oxygens (including phenoxy) is 1. The van der Waals surface area contributed by atoms with E-state index in [1.165, 1.54) is 0 Å². The van der Waals surface area contributed by atoms with Crippen LogP contribution in [0.2, 0.25) is 10.2 Å². The number of rotatable bonds is 3. The molecule has 16 heavy (non-hydrogen) atoms. The summed E-state index contributed by atoms with van der Waals surface area (Å²) in [7, 11) is 1.15. The summed E-state index contributed by atoms with van der Waals surface area (Å²) in [6, 6.07) is 0. The molecule has 7 heteroatoms. The zero-order valence-electron chi connectivity index (χ0n) is 8.14. The number of methoxy groups -OCH3 is 1. The van der Waals surface area contributed by atoms with E-state index >= 15 is 0 Å². The SMILES string of the molecule is COC(=O)Cc1c(C(F)F)cnc(Cl)c1Cl. The van der Waals surface area contributed by atoms with Crippen molar-refractivity contribution in [3.63, 3.8) is 0 Å². The van der Waals surface area contributed by atoms with E-state index in [-0.39, 0.29) is 22.2 Å². The molecule has 1 aromatic rings. The van der Waals surface area contributed by atoms with Gasteiger partial charge >= 0.3 is 5.97 Å². The number of nitrogens with zero attached hydrogens (tertiary/aromatic N) is 1. The largest absolute Gasteiger partial charge is 0.469 e. The summed E-state index contributed by atoms with van der Waals surface area (Å²) < 4.78 is 29.6. The van der Waals surface area contributed by atoms with Gasteiger partial charge in [-0.3, -0.25) is 4.79 Å². The summed E-state index contributed by atoms with van der Waals surface area (Å²) in [6.45, 7) is 0. The Hall–Kier alpha value is -0.940. The monoisotopic (exact) mass is 269 g/mol. The number of hydrogen-bond donors (Lipinski definition) is 0. The van der Waals surface area contributed by atoms with E-state index in [9.17, 15) is 13.6 Å². The van der Waals surface area contributed by atoms with E-state index in [1.54, 1.807) is 0 Å². The predicted molar refractivity (Wildman–Crippen MR) is 54.9 cm³/mol. The van der Waals surface area contributed by atoms with Crippen LogP contribution in [0.4, 0.5) is 8.78 Å². The maximum absolute atomic E-state index is 12.6. The Bertz CT molecular complexity index is 413. The average molecular weight is 270 g/mol. The van der Waals surface area contributed by atoms with Crippen molar-refractivity contribution in [2.75, 3.05) is 7.11 Å². The Morgan fingerprint density at radius 2 is 2.19 bits per heavy atom. The lowest BCUT2D eigenvalue weighted by molar-refractivity contribution is -0.139. The molecule has 0 aliphatic heterocycles. The maximum atomic E-state index is 12.6.